The summed E-state index contributed by atoms with van der Waals surface area (Å²) in [7, 11) is 0. The van der Waals surface area contributed by atoms with Crippen LogP contribution in [0.3, 0.4) is 0 Å². The minimum atomic E-state index is 0.625. The SMILES string of the molecule is CCC(C)C1CNC(C(C)C)CN1CCOCC(C)C. The standard InChI is InChI=1S/C17H36N2O/c1-7-15(6)17-10-18-16(14(4)5)11-19(17)8-9-20-12-13(2)3/h13-18H,7-12H2,1-6H3. The molecule has 120 valence electrons. The largest absolute Gasteiger partial charge is 0.380 e. The van der Waals surface area contributed by atoms with E-state index in [0.29, 0.717) is 23.9 Å². The molecule has 1 heterocycles. The molecule has 3 unspecified atom stereocenters. The smallest absolute Gasteiger partial charge is 0.0593 e. The average molecular weight is 284 g/mol. The van der Waals surface area contributed by atoms with Crippen LogP contribution in [0.2, 0.25) is 0 Å². The second-order valence-corrected chi connectivity index (χ2v) is 7.18. The van der Waals surface area contributed by atoms with Crippen molar-refractivity contribution in [1.29, 1.82) is 0 Å². The van der Waals surface area contributed by atoms with Crippen LogP contribution in [0.15, 0.2) is 0 Å². The van der Waals surface area contributed by atoms with Crippen molar-refractivity contribution in [2.45, 2.75) is 60.0 Å². The number of rotatable bonds is 8. The Morgan fingerprint density at radius 3 is 2.45 bits per heavy atom. The third-order valence-electron chi connectivity index (χ3n) is 4.57. The molecule has 1 rings (SSSR count). The fraction of sp³-hybridized carbons (Fsp3) is 1.00. The van der Waals surface area contributed by atoms with E-state index >= 15 is 0 Å². The predicted octanol–water partition coefficient (Wildman–Crippen LogP) is 3.00. The summed E-state index contributed by atoms with van der Waals surface area (Å²) in [6.07, 6.45) is 1.25. The van der Waals surface area contributed by atoms with E-state index in [1.54, 1.807) is 0 Å². The average Bonchev–Trinajstić information content (AvgIpc) is 2.42. The molecule has 0 aromatic rings. The molecule has 0 saturated carbocycles. The van der Waals surface area contributed by atoms with Gasteiger partial charge in [-0.1, -0.05) is 48.0 Å². The van der Waals surface area contributed by atoms with Gasteiger partial charge in [0.1, 0.15) is 0 Å². The van der Waals surface area contributed by atoms with Gasteiger partial charge in [-0.15, -0.1) is 0 Å². The first-order valence-electron chi connectivity index (χ1n) is 8.50. The first kappa shape index (κ1) is 17.9. The van der Waals surface area contributed by atoms with Crippen LogP contribution in [-0.4, -0.2) is 49.8 Å². The van der Waals surface area contributed by atoms with Crippen LogP contribution < -0.4 is 5.32 Å². The number of nitrogens with zero attached hydrogens (tertiary/aromatic N) is 1. The third-order valence-corrected chi connectivity index (χ3v) is 4.57. The van der Waals surface area contributed by atoms with E-state index in [9.17, 15) is 0 Å². The van der Waals surface area contributed by atoms with Crippen molar-refractivity contribution in [2.24, 2.45) is 17.8 Å². The Labute approximate surface area is 126 Å². The third kappa shape index (κ3) is 5.71. The highest BCUT2D eigenvalue weighted by Crippen LogP contribution is 2.20. The van der Waals surface area contributed by atoms with Gasteiger partial charge in [0.2, 0.25) is 0 Å². The van der Waals surface area contributed by atoms with Gasteiger partial charge in [-0.2, -0.15) is 0 Å². The van der Waals surface area contributed by atoms with Crippen LogP contribution >= 0.6 is 0 Å². The van der Waals surface area contributed by atoms with E-state index in [4.69, 9.17) is 4.74 Å². The lowest BCUT2D eigenvalue weighted by Crippen LogP contribution is -2.60. The minimum absolute atomic E-state index is 0.625. The summed E-state index contributed by atoms with van der Waals surface area (Å²) < 4.78 is 5.79. The van der Waals surface area contributed by atoms with Crippen molar-refractivity contribution in [3.05, 3.63) is 0 Å². The monoisotopic (exact) mass is 284 g/mol. The maximum Gasteiger partial charge on any atom is 0.0593 e. The zero-order valence-electron chi connectivity index (χ0n) is 14.5. The van der Waals surface area contributed by atoms with Crippen molar-refractivity contribution in [2.75, 3.05) is 32.8 Å². The zero-order chi connectivity index (χ0) is 15.1. The molecule has 0 aromatic heterocycles. The van der Waals surface area contributed by atoms with E-state index in [1.165, 1.54) is 6.42 Å². The molecule has 1 N–H and O–H groups in total. The molecule has 3 atom stereocenters. The van der Waals surface area contributed by atoms with Gasteiger partial charge in [0.05, 0.1) is 6.61 Å². The summed E-state index contributed by atoms with van der Waals surface area (Å²) in [6, 6.07) is 1.29. The second-order valence-electron chi connectivity index (χ2n) is 7.18. The van der Waals surface area contributed by atoms with Gasteiger partial charge >= 0.3 is 0 Å². The first-order valence-corrected chi connectivity index (χ1v) is 8.50. The lowest BCUT2D eigenvalue weighted by Gasteiger charge is -2.44. The van der Waals surface area contributed by atoms with E-state index in [2.05, 4.69) is 51.8 Å². The second kappa shape index (κ2) is 9.01. The maximum absolute atomic E-state index is 5.79. The molecular formula is C17H36N2O. The topological polar surface area (TPSA) is 24.5 Å². The Hall–Kier alpha value is -0.120. The number of hydrogen-bond donors (Lipinski definition) is 1. The molecule has 3 nitrogen and oxygen atoms in total. The van der Waals surface area contributed by atoms with Gasteiger partial charge < -0.3 is 10.1 Å². The van der Waals surface area contributed by atoms with Crippen LogP contribution in [0.25, 0.3) is 0 Å². The normalized spacial score (nSPS) is 26.4. The van der Waals surface area contributed by atoms with Crippen molar-refractivity contribution in [3.8, 4) is 0 Å². The number of hydrogen-bond acceptors (Lipinski definition) is 3. The van der Waals surface area contributed by atoms with Crippen molar-refractivity contribution in [1.82, 2.24) is 10.2 Å². The van der Waals surface area contributed by atoms with Crippen LogP contribution in [0.4, 0.5) is 0 Å². The van der Waals surface area contributed by atoms with Gasteiger partial charge in [-0.05, 0) is 17.8 Å². The van der Waals surface area contributed by atoms with Crippen molar-refractivity contribution < 1.29 is 4.74 Å². The molecule has 0 spiro atoms. The molecule has 0 radical (unpaired) electrons. The minimum Gasteiger partial charge on any atom is -0.380 e. The molecule has 1 aliphatic heterocycles. The molecule has 0 aromatic carbocycles. The molecule has 1 saturated heterocycles. The summed E-state index contributed by atoms with van der Waals surface area (Å²) in [5, 5.41) is 3.74. The Balaban J connectivity index is 2.48. The molecule has 3 heteroatoms. The van der Waals surface area contributed by atoms with E-state index in [1.807, 2.05) is 0 Å². The lowest BCUT2D eigenvalue weighted by atomic mass is 9.92. The van der Waals surface area contributed by atoms with Crippen LogP contribution in [-0.2, 0) is 4.74 Å². The maximum atomic E-state index is 5.79. The molecule has 20 heavy (non-hydrogen) atoms. The predicted molar refractivity (Wildman–Crippen MR) is 87.1 cm³/mol. The van der Waals surface area contributed by atoms with E-state index < -0.39 is 0 Å². The first-order chi connectivity index (χ1) is 9.45. The zero-order valence-corrected chi connectivity index (χ0v) is 14.5. The summed E-state index contributed by atoms with van der Waals surface area (Å²) in [5.41, 5.74) is 0. The summed E-state index contributed by atoms with van der Waals surface area (Å²) in [6.45, 7) is 18.8. The Morgan fingerprint density at radius 1 is 1.20 bits per heavy atom. The van der Waals surface area contributed by atoms with Crippen LogP contribution in [0.5, 0.6) is 0 Å². The van der Waals surface area contributed by atoms with Gasteiger partial charge in [-0.3, -0.25) is 4.90 Å². The lowest BCUT2D eigenvalue weighted by molar-refractivity contribution is 0.0336. The Bertz CT molecular complexity index is 255. The van der Waals surface area contributed by atoms with Crippen molar-refractivity contribution in [3.63, 3.8) is 0 Å². The molecule has 0 amide bonds. The highest BCUT2D eigenvalue weighted by molar-refractivity contribution is 4.89. The van der Waals surface area contributed by atoms with Crippen molar-refractivity contribution >= 4 is 0 Å². The highest BCUT2D eigenvalue weighted by Gasteiger charge is 2.31. The fourth-order valence-corrected chi connectivity index (χ4v) is 2.89. The van der Waals surface area contributed by atoms with E-state index in [-0.39, 0.29) is 0 Å². The molecule has 1 fully saturated rings. The molecule has 1 aliphatic rings. The van der Waals surface area contributed by atoms with Gasteiger partial charge in [0.25, 0.3) is 0 Å². The Morgan fingerprint density at radius 2 is 1.90 bits per heavy atom. The van der Waals surface area contributed by atoms with Gasteiger partial charge in [-0.25, -0.2) is 0 Å². The quantitative estimate of drug-likeness (QED) is 0.694. The summed E-state index contributed by atoms with van der Waals surface area (Å²) in [5.74, 6) is 2.08. The highest BCUT2D eigenvalue weighted by atomic mass is 16.5. The van der Waals surface area contributed by atoms with Gasteiger partial charge in [0.15, 0.2) is 0 Å². The van der Waals surface area contributed by atoms with Crippen LogP contribution in [0.1, 0.15) is 48.0 Å². The van der Waals surface area contributed by atoms with Crippen LogP contribution in [0, 0.1) is 17.8 Å². The Kier molecular flexibility index (Phi) is 8.08. The number of ether oxygens (including phenoxy) is 1. The fourth-order valence-electron chi connectivity index (χ4n) is 2.89. The van der Waals surface area contributed by atoms with E-state index in [0.717, 1.165) is 38.8 Å². The molecule has 0 bridgehead atoms. The molecular weight excluding hydrogens is 248 g/mol. The summed E-state index contributed by atoms with van der Waals surface area (Å²) >= 11 is 0. The number of nitrogens with one attached hydrogen (secondary N) is 1. The summed E-state index contributed by atoms with van der Waals surface area (Å²) in [4.78, 5) is 2.66. The molecule has 0 aliphatic carbocycles. The van der Waals surface area contributed by atoms with Gasteiger partial charge in [0, 0.05) is 38.3 Å². The number of piperazine rings is 1.